The fraction of sp³-hybridized carbons (Fsp3) is 0.269. The lowest BCUT2D eigenvalue weighted by atomic mass is 10.1. The molecule has 1 saturated heterocycles. The van der Waals surface area contributed by atoms with Crippen LogP contribution in [-0.4, -0.2) is 62.8 Å². The number of aliphatic hydroxyl groups excluding tert-OH is 1. The molecule has 36 heavy (non-hydrogen) atoms. The SMILES string of the molecule is CS(=O)(=O)CCN1C[C@H](c2cccc(OCCO)c2)N(c2ccc(Oc3ccc(Cl)cc3)cc2)C1=O. The van der Waals surface area contributed by atoms with Crippen molar-refractivity contribution in [3.63, 3.8) is 0 Å². The molecule has 2 amide bonds. The lowest BCUT2D eigenvalue weighted by Crippen LogP contribution is -2.35. The van der Waals surface area contributed by atoms with Crippen molar-refractivity contribution in [1.29, 1.82) is 0 Å². The van der Waals surface area contributed by atoms with Crippen LogP contribution in [0.3, 0.4) is 0 Å². The second-order valence-corrected chi connectivity index (χ2v) is 11.1. The molecule has 8 nitrogen and oxygen atoms in total. The molecule has 1 aliphatic heterocycles. The molecule has 0 radical (unpaired) electrons. The van der Waals surface area contributed by atoms with E-state index in [1.165, 1.54) is 0 Å². The van der Waals surface area contributed by atoms with Gasteiger partial charge >= 0.3 is 6.03 Å². The molecule has 0 aliphatic carbocycles. The normalized spacial score (nSPS) is 15.9. The van der Waals surface area contributed by atoms with Gasteiger partial charge in [0.25, 0.3) is 0 Å². The molecule has 0 spiro atoms. The third kappa shape index (κ3) is 6.48. The van der Waals surface area contributed by atoms with Gasteiger partial charge in [0.15, 0.2) is 0 Å². The molecule has 1 atom stereocenters. The Bertz CT molecular complexity index is 1300. The van der Waals surface area contributed by atoms with Gasteiger partial charge in [-0.2, -0.15) is 0 Å². The van der Waals surface area contributed by atoms with Gasteiger partial charge in [-0.15, -0.1) is 0 Å². The summed E-state index contributed by atoms with van der Waals surface area (Å²) < 4.78 is 34.9. The number of hydrogen-bond acceptors (Lipinski definition) is 6. The number of amides is 2. The van der Waals surface area contributed by atoms with Gasteiger partial charge in [-0.1, -0.05) is 23.7 Å². The first-order valence-corrected chi connectivity index (χ1v) is 13.8. The predicted octanol–water partition coefficient (Wildman–Crippen LogP) is 4.53. The zero-order valence-electron chi connectivity index (χ0n) is 19.7. The van der Waals surface area contributed by atoms with Crippen molar-refractivity contribution in [2.75, 3.05) is 43.2 Å². The minimum absolute atomic E-state index is 0.100. The molecule has 1 fully saturated rings. The van der Waals surface area contributed by atoms with Crippen LogP contribution in [0.2, 0.25) is 5.02 Å². The number of hydrogen-bond donors (Lipinski definition) is 1. The average molecular weight is 531 g/mol. The van der Waals surface area contributed by atoms with Crippen LogP contribution < -0.4 is 14.4 Å². The van der Waals surface area contributed by atoms with Crippen LogP contribution in [0.4, 0.5) is 10.5 Å². The molecule has 1 N–H and O–H groups in total. The van der Waals surface area contributed by atoms with Gasteiger partial charge in [0.1, 0.15) is 33.7 Å². The molecule has 1 heterocycles. The number of urea groups is 1. The Labute approximate surface area is 215 Å². The summed E-state index contributed by atoms with van der Waals surface area (Å²) in [7, 11) is -3.24. The Balaban J connectivity index is 1.60. The molecule has 190 valence electrons. The lowest BCUT2D eigenvalue weighted by Gasteiger charge is -2.24. The third-order valence-electron chi connectivity index (χ3n) is 5.68. The van der Waals surface area contributed by atoms with Gasteiger partial charge in [0.2, 0.25) is 0 Å². The van der Waals surface area contributed by atoms with Gasteiger partial charge in [-0.3, -0.25) is 4.90 Å². The van der Waals surface area contributed by atoms with E-state index in [0.717, 1.165) is 11.8 Å². The van der Waals surface area contributed by atoms with Crippen molar-refractivity contribution >= 4 is 33.2 Å². The fourth-order valence-corrected chi connectivity index (χ4v) is 4.63. The zero-order valence-corrected chi connectivity index (χ0v) is 21.3. The highest BCUT2D eigenvalue weighted by Crippen LogP contribution is 2.36. The van der Waals surface area contributed by atoms with Crippen molar-refractivity contribution in [3.8, 4) is 17.2 Å². The maximum atomic E-state index is 13.4. The number of rotatable bonds is 10. The number of benzene rings is 3. The maximum Gasteiger partial charge on any atom is 0.325 e. The summed E-state index contributed by atoms with van der Waals surface area (Å²) in [5.74, 6) is 1.69. The van der Waals surface area contributed by atoms with E-state index in [4.69, 9.17) is 26.2 Å². The molecule has 1 aliphatic rings. The first-order valence-electron chi connectivity index (χ1n) is 11.4. The number of ether oxygens (including phenoxy) is 2. The van der Waals surface area contributed by atoms with Crippen molar-refractivity contribution in [2.24, 2.45) is 0 Å². The van der Waals surface area contributed by atoms with Gasteiger partial charge in [0.05, 0.1) is 18.4 Å². The second-order valence-electron chi connectivity index (χ2n) is 8.44. The smallest absolute Gasteiger partial charge is 0.325 e. The Kier molecular flexibility index (Phi) is 8.03. The van der Waals surface area contributed by atoms with Crippen LogP contribution in [0.1, 0.15) is 11.6 Å². The van der Waals surface area contributed by atoms with Crippen LogP contribution in [0.15, 0.2) is 72.8 Å². The van der Waals surface area contributed by atoms with Crippen LogP contribution in [0.5, 0.6) is 17.2 Å². The van der Waals surface area contributed by atoms with Crippen LogP contribution in [-0.2, 0) is 9.84 Å². The molecule has 3 aromatic carbocycles. The standard InChI is InChI=1S/C26H27ClN2O6S/c1-36(32,33)16-13-28-18-25(19-3-2-4-24(17-19)34-15-14-30)29(26(28)31)21-7-11-23(12-8-21)35-22-9-5-20(27)6-10-22/h2-12,17,25,30H,13-16,18H2,1H3/t25-/m1/s1. The van der Waals surface area contributed by atoms with E-state index in [-0.39, 0.29) is 37.6 Å². The number of anilines is 1. The highest BCUT2D eigenvalue weighted by Gasteiger charge is 2.39. The maximum absolute atomic E-state index is 13.4. The predicted molar refractivity (Wildman–Crippen MR) is 139 cm³/mol. The summed E-state index contributed by atoms with van der Waals surface area (Å²) in [6.45, 7) is 0.471. The first kappa shape index (κ1) is 25.8. The van der Waals surface area contributed by atoms with E-state index in [9.17, 15) is 13.2 Å². The van der Waals surface area contributed by atoms with Gasteiger partial charge < -0.3 is 19.5 Å². The highest BCUT2D eigenvalue weighted by molar-refractivity contribution is 7.90. The summed E-state index contributed by atoms with van der Waals surface area (Å²) in [5, 5.41) is 9.68. The molecule has 3 aromatic rings. The molecule has 10 heteroatoms. The Morgan fingerprint density at radius 1 is 1.00 bits per heavy atom. The van der Waals surface area contributed by atoms with Gasteiger partial charge in [-0.05, 0) is 66.2 Å². The van der Waals surface area contributed by atoms with E-state index in [2.05, 4.69) is 0 Å². The fourth-order valence-electron chi connectivity index (χ4n) is 3.95. The lowest BCUT2D eigenvalue weighted by molar-refractivity contribution is 0.201. The number of aliphatic hydroxyl groups is 1. The van der Waals surface area contributed by atoms with E-state index < -0.39 is 9.84 Å². The highest BCUT2D eigenvalue weighted by atomic mass is 35.5. The summed E-state index contributed by atoms with van der Waals surface area (Å²) in [6, 6.07) is 20.8. The molecule has 0 aromatic heterocycles. The van der Waals surface area contributed by atoms with Crippen LogP contribution >= 0.6 is 11.6 Å². The van der Waals surface area contributed by atoms with Gasteiger partial charge in [0, 0.05) is 30.1 Å². The summed E-state index contributed by atoms with van der Waals surface area (Å²) in [6.07, 6.45) is 1.16. The van der Waals surface area contributed by atoms with E-state index in [1.807, 2.05) is 18.2 Å². The Morgan fingerprint density at radius 2 is 1.67 bits per heavy atom. The molecular formula is C26H27ClN2O6S. The van der Waals surface area contributed by atoms with Crippen molar-refractivity contribution in [3.05, 3.63) is 83.4 Å². The second kappa shape index (κ2) is 11.2. The van der Waals surface area contributed by atoms with Crippen LogP contribution in [0.25, 0.3) is 0 Å². The molecule has 0 unspecified atom stereocenters. The summed E-state index contributed by atoms with van der Waals surface area (Å²) >= 11 is 5.93. The van der Waals surface area contributed by atoms with Crippen LogP contribution in [0, 0.1) is 0 Å². The number of nitrogens with zero attached hydrogens (tertiary/aromatic N) is 2. The molecular weight excluding hydrogens is 504 g/mol. The number of sulfone groups is 1. The topological polar surface area (TPSA) is 96.4 Å². The van der Waals surface area contributed by atoms with E-state index in [0.29, 0.717) is 34.5 Å². The number of halogens is 1. The minimum atomic E-state index is -3.24. The Hall–Kier alpha value is -3.27. The van der Waals surface area contributed by atoms with Crippen molar-refractivity contribution < 1.29 is 27.8 Å². The molecule has 0 bridgehead atoms. The summed E-state index contributed by atoms with van der Waals surface area (Å²) in [4.78, 5) is 16.6. The number of carbonyl (C=O) groups is 1. The van der Waals surface area contributed by atoms with Crippen molar-refractivity contribution in [1.82, 2.24) is 4.90 Å². The monoisotopic (exact) mass is 530 g/mol. The molecule has 0 saturated carbocycles. The quantitative estimate of drug-likeness (QED) is 0.413. The van der Waals surface area contributed by atoms with Crippen molar-refractivity contribution in [2.45, 2.75) is 6.04 Å². The average Bonchev–Trinajstić information content (AvgIpc) is 3.19. The third-order valence-corrected chi connectivity index (χ3v) is 6.86. The Morgan fingerprint density at radius 3 is 2.31 bits per heavy atom. The van der Waals surface area contributed by atoms with Gasteiger partial charge in [-0.25, -0.2) is 13.2 Å². The largest absolute Gasteiger partial charge is 0.491 e. The van der Waals surface area contributed by atoms with E-state index in [1.54, 1.807) is 64.4 Å². The number of carbonyl (C=O) groups excluding carboxylic acids is 1. The summed E-state index contributed by atoms with van der Waals surface area (Å²) in [5.41, 5.74) is 1.49. The first-order chi connectivity index (χ1) is 17.2. The van der Waals surface area contributed by atoms with E-state index >= 15 is 0 Å². The minimum Gasteiger partial charge on any atom is -0.491 e. The zero-order chi connectivity index (χ0) is 25.7. The molecule has 4 rings (SSSR count).